The first kappa shape index (κ1) is 13.5. The van der Waals surface area contributed by atoms with Crippen LogP contribution in [-0.4, -0.2) is 17.4 Å². The maximum absolute atomic E-state index is 12.0. The molecule has 2 rings (SSSR count). The molecule has 0 saturated carbocycles. The summed E-state index contributed by atoms with van der Waals surface area (Å²) in [7, 11) is 0. The third-order valence-electron chi connectivity index (χ3n) is 2.92. The number of hydrogen-bond donors (Lipinski definition) is 2. The summed E-state index contributed by atoms with van der Waals surface area (Å²) in [5, 5.41) is 4.98. The first-order valence-electron chi connectivity index (χ1n) is 6.03. The molecule has 0 bridgehead atoms. The molecule has 0 aliphatic rings. The topological polar surface area (TPSA) is 68.0 Å². The van der Waals surface area contributed by atoms with Crippen LogP contribution in [0.1, 0.15) is 29.1 Å². The van der Waals surface area contributed by atoms with E-state index in [4.69, 9.17) is 5.73 Å². The summed E-state index contributed by atoms with van der Waals surface area (Å²) in [6.45, 7) is 4.80. The van der Waals surface area contributed by atoms with Gasteiger partial charge < -0.3 is 11.1 Å². The Morgan fingerprint density at radius 2 is 2.26 bits per heavy atom. The number of thiophene rings is 1. The number of carbonyl (C=O) groups is 1. The average molecular weight is 275 g/mol. The van der Waals surface area contributed by atoms with Crippen molar-refractivity contribution in [2.45, 2.75) is 19.3 Å². The van der Waals surface area contributed by atoms with Crippen molar-refractivity contribution in [3.8, 4) is 0 Å². The summed E-state index contributed by atoms with van der Waals surface area (Å²) < 4.78 is 0. The highest BCUT2D eigenvalue weighted by molar-refractivity contribution is 7.10. The Morgan fingerprint density at radius 1 is 1.47 bits per heavy atom. The molecule has 0 atom stereocenters. The van der Waals surface area contributed by atoms with E-state index in [1.807, 2.05) is 11.4 Å². The predicted molar refractivity (Wildman–Crippen MR) is 78.3 cm³/mol. The smallest absolute Gasteiger partial charge is 0.251 e. The van der Waals surface area contributed by atoms with E-state index in [9.17, 15) is 4.79 Å². The number of nitrogens with one attached hydrogen (secondary N) is 1. The molecule has 4 nitrogen and oxygen atoms in total. The molecule has 0 aromatic carbocycles. The van der Waals surface area contributed by atoms with Gasteiger partial charge in [0.15, 0.2) is 0 Å². The largest absolute Gasteiger partial charge is 0.384 e. The second kappa shape index (κ2) is 5.40. The first-order valence-corrected chi connectivity index (χ1v) is 6.91. The predicted octanol–water partition coefficient (Wildman–Crippen LogP) is 2.43. The zero-order valence-corrected chi connectivity index (χ0v) is 11.8. The van der Waals surface area contributed by atoms with Gasteiger partial charge in [-0.1, -0.05) is 19.9 Å². The Balaban J connectivity index is 2.01. The number of aromatic nitrogens is 1. The Labute approximate surface area is 116 Å². The van der Waals surface area contributed by atoms with E-state index in [1.54, 1.807) is 23.5 Å². The highest BCUT2D eigenvalue weighted by Crippen LogP contribution is 2.26. The van der Waals surface area contributed by atoms with Crippen molar-refractivity contribution in [1.82, 2.24) is 10.3 Å². The second-order valence-electron chi connectivity index (χ2n) is 5.01. The zero-order valence-electron chi connectivity index (χ0n) is 11.0. The van der Waals surface area contributed by atoms with E-state index < -0.39 is 0 Å². The summed E-state index contributed by atoms with van der Waals surface area (Å²) in [5.41, 5.74) is 6.02. The van der Waals surface area contributed by atoms with Crippen LogP contribution in [0.3, 0.4) is 0 Å². The van der Waals surface area contributed by atoms with Crippen LogP contribution in [0, 0.1) is 0 Å². The van der Waals surface area contributed by atoms with Gasteiger partial charge in [-0.25, -0.2) is 4.98 Å². The molecule has 0 saturated heterocycles. The van der Waals surface area contributed by atoms with Crippen LogP contribution < -0.4 is 11.1 Å². The third kappa shape index (κ3) is 3.32. The number of nitrogen functional groups attached to an aromatic ring is 1. The van der Waals surface area contributed by atoms with E-state index in [1.165, 1.54) is 11.1 Å². The van der Waals surface area contributed by atoms with Crippen molar-refractivity contribution in [3.05, 3.63) is 46.3 Å². The quantitative estimate of drug-likeness (QED) is 0.900. The van der Waals surface area contributed by atoms with Gasteiger partial charge in [-0.15, -0.1) is 11.3 Å². The Hall–Kier alpha value is -1.88. The fourth-order valence-corrected chi connectivity index (χ4v) is 2.60. The van der Waals surface area contributed by atoms with Crippen LogP contribution in [0.15, 0.2) is 35.8 Å². The number of anilines is 1. The number of rotatable bonds is 4. The van der Waals surface area contributed by atoms with Crippen LogP contribution in [0.2, 0.25) is 0 Å². The van der Waals surface area contributed by atoms with Gasteiger partial charge in [0.05, 0.1) is 0 Å². The molecule has 19 heavy (non-hydrogen) atoms. The summed E-state index contributed by atoms with van der Waals surface area (Å²) in [6, 6.07) is 7.34. The zero-order chi connectivity index (χ0) is 13.9. The molecule has 0 unspecified atom stereocenters. The standard InChI is InChI=1S/C14H17N3OS/c1-14(2,11-4-3-7-19-11)9-17-13(18)10-5-6-16-12(15)8-10/h3-8H,9H2,1-2H3,(H2,15,16)(H,17,18). The molecule has 0 spiro atoms. The van der Waals surface area contributed by atoms with Crippen molar-refractivity contribution >= 4 is 23.1 Å². The minimum Gasteiger partial charge on any atom is -0.384 e. The molecule has 2 aromatic heterocycles. The lowest BCUT2D eigenvalue weighted by Gasteiger charge is -2.23. The molecule has 0 radical (unpaired) electrons. The molecule has 2 aromatic rings. The summed E-state index contributed by atoms with van der Waals surface area (Å²) in [5.74, 6) is 0.226. The lowest BCUT2D eigenvalue weighted by Crippen LogP contribution is -2.36. The van der Waals surface area contributed by atoms with E-state index in [0.29, 0.717) is 17.9 Å². The van der Waals surface area contributed by atoms with Crippen LogP contribution >= 0.6 is 11.3 Å². The lowest BCUT2D eigenvalue weighted by molar-refractivity contribution is 0.0946. The molecule has 0 aliphatic carbocycles. The molecular formula is C14H17N3OS. The molecule has 0 fully saturated rings. The van der Waals surface area contributed by atoms with Crippen molar-refractivity contribution in [2.75, 3.05) is 12.3 Å². The summed E-state index contributed by atoms with van der Waals surface area (Å²) >= 11 is 1.70. The van der Waals surface area contributed by atoms with Crippen LogP contribution in [-0.2, 0) is 5.41 Å². The van der Waals surface area contributed by atoms with Crippen molar-refractivity contribution in [1.29, 1.82) is 0 Å². The lowest BCUT2D eigenvalue weighted by atomic mass is 9.91. The van der Waals surface area contributed by atoms with E-state index >= 15 is 0 Å². The first-order chi connectivity index (χ1) is 8.99. The number of pyridine rings is 1. The molecule has 3 N–H and O–H groups in total. The Bertz CT molecular complexity index is 564. The highest BCUT2D eigenvalue weighted by Gasteiger charge is 2.22. The number of hydrogen-bond acceptors (Lipinski definition) is 4. The van der Waals surface area contributed by atoms with Crippen molar-refractivity contribution < 1.29 is 4.79 Å². The van der Waals surface area contributed by atoms with Crippen LogP contribution in [0.5, 0.6) is 0 Å². The van der Waals surface area contributed by atoms with E-state index in [0.717, 1.165) is 0 Å². The third-order valence-corrected chi connectivity index (χ3v) is 4.16. The van der Waals surface area contributed by atoms with Crippen LogP contribution in [0.25, 0.3) is 0 Å². The molecule has 1 amide bonds. The highest BCUT2D eigenvalue weighted by atomic mass is 32.1. The normalized spacial score (nSPS) is 11.3. The number of carbonyl (C=O) groups excluding carboxylic acids is 1. The molecule has 2 heterocycles. The molecule has 0 aliphatic heterocycles. The minimum absolute atomic E-state index is 0.0810. The van der Waals surface area contributed by atoms with Gasteiger partial charge in [-0.05, 0) is 23.6 Å². The van der Waals surface area contributed by atoms with Gasteiger partial charge in [0.1, 0.15) is 5.82 Å². The van der Waals surface area contributed by atoms with Gasteiger partial charge >= 0.3 is 0 Å². The maximum atomic E-state index is 12.0. The maximum Gasteiger partial charge on any atom is 0.251 e. The average Bonchev–Trinajstić information content (AvgIpc) is 2.90. The second-order valence-corrected chi connectivity index (χ2v) is 5.96. The van der Waals surface area contributed by atoms with Gasteiger partial charge in [-0.3, -0.25) is 4.79 Å². The fraction of sp³-hybridized carbons (Fsp3) is 0.286. The summed E-state index contributed by atoms with van der Waals surface area (Å²) in [6.07, 6.45) is 1.54. The number of amides is 1. The molecular weight excluding hydrogens is 258 g/mol. The van der Waals surface area contributed by atoms with Gasteiger partial charge in [0.2, 0.25) is 0 Å². The SMILES string of the molecule is CC(C)(CNC(=O)c1ccnc(N)c1)c1cccs1. The Morgan fingerprint density at radius 3 is 2.89 bits per heavy atom. The van der Waals surface area contributed by atoms with Gasteiger partial charge in [-0.2, -0.15) is 0 Å². The monoisotopic (exact) mass is 275 g/mol. The molecule has 5 heteroatoms. The molecule has 100 valence electrons. The fourth-order valence-electron chi connectivity index (χ4n) is 1.74. The minimum atomic E-state index is -0.126. The van der Waals surface area contributed by atoms with E-state index in [2.05, 4.69) is 30.2 Å². The Kier molecular flexibility index (Phi) is 3.85. The van der Waals surface area contributed by atoms with Crippen LogP contribution in [0.4, 0.5) is 5.82 Å². The van der Waals surface area contributed by atoms with Gasteiger partial charge in [0, 0.05) is 28.6 Å². The van der Waals surface area contributed by atoms with Crippen molar-refractivity contribution in [2.24, 2.45) is 0 Å². The van der Waals surface area contributed by atoms with E-state index in [-0.39, 0.29) is 11.3 Å². The summed E-state index contributed by atoms with van der Waals surface area (Å²) in [4.78, 5) is 17.1. The number of nitrogens with two attached hydrogens (primary N) is 1. The number of nitrogens with zero attached hydrogens (tertiary/aromatic N) is 1. The van der Waals surface area contributed by atoms with Gasteiger partial charge in [0.25, 0.3) is 5.91 Å². The van der Waals surface area contributed by atoms with Crippen molar-refractivity contribution in [3.63, 3.8) is 0 Å².